The molecule has 1 aliphatic rings. The number of nitrogens with one attached hydrogen (secondary N) is 1. The summed E-state index contributed by atoms with van der Waals surface area (Å²) in [6.45, 7) is 2.98. The van der Waals surface area contributed by atoms with Crippen LogP contribution < -0.4 is 15.2 Å². The average Bonchev–Trinajstić information content (AvgIpc) is 3.25. The van der Waals surface area contributed by atoms with Gasteiger partial charge in [-0.25, -0.2) is 13.1 Å². The SMILES string of the molecule is CCCC1(CNS(=O)(=O)c2ccc(CN)cc2OC)CC1. The number of methoxy groups -OCH3 is 1. The first-order valence-electron chi connectivity index (χ1n) is 7.33. The third kappa shape index (κ3) is 3.75. The molecular formula is C15H24N2O3S. The van der Waals surface area contributed by atoms with Crippen molar-refractivity contribution in [1.82, 2.24) is 4.72 Å². The molecule has 118 valence electrons. The second kappa shape index (κ2) is 6.34. The van der Waals surface area contributed by atoms with E-state index < -0.39 is 10.0 Å². The summed E-state index contributed by atoms with van der Waals surface area (Å²) in [4.78, 5) is 0.175. The molecule has 6 heteroatoms. The van der Waals surface area contributed by atoms with Gasteiger partial charge in [0, 0.05) is 13.1 Å². The highest BCUT2D eigenvalue weighted by molar-refractivity contribution is 7.89. The van der Waals surface area contributed by atoms with Crippen LogP contribution >= 0.6 is 0 Å². The van der Waals surface area contributed by atoms with Crippen molar-refractivity contribution in [1.29, 1.82) is 0 Å². The second-order valence-corrected chi connectivity index (χ2v) is 7.50. The Hall–Kier alpha value is -1.11. The third-order valence-corrected chi connectivity index (χ3v) is 5.57. The number of ether oxygens (including phenoxy) is 1. The zero-order valence-electron chi connectivity index (χ0n) is 12.7. The maximum absolute atomic E-state index is 12.5. The molecule has 0 saturated heterocycles. The predicted molar refractivity (Wildman–Crippen MR) is 82.6 cm³/mol. The minimum absolute atomic E-state index is 0.173. The third-order valence-electron chi connectivity index (χ3n) is 4.13. The molecule has 5 nitrogen and oxygen atoms in total. The maximum Gasteiger partial charge on any atom is 0.244 e. The van der Waals surface area contributed by atoms with Crippen LogP contribution in [-0.4, -0.2) is 22.1 Å². The first kappa shape index (κ1) is 16.3. The molecule has 21 heavy (non-hydrogen) atoms. The summed E-state index contributed by atoms with van der Waals surface area (Å²) in [7, 11) is -2.09. The largest absolute Gasteiger partial charge is 0.495 e. The molecule has 2 rings (SSSR count). The highest BCUT2D eigenvalue weighted by Crippen LogP contribution is 2.49. The summed E-state index contributed by atoms with van der Waals surface area (Å²) in [6.07, 6.45) is 4.36. The summed E-state index contributed by atoms with van der Waals surface area (Å²) in [5.74, 6) is 0.339. The van der Waals surface area contributed by atoms with Crippen LogP contribution in [0.25, 0.3) is 0 Å². The lowest BCUT2D eigenvalue weighted by molar-refractivity contribution is 0.400. The van der Waals surface area contributed by atoms with Crippen LogP contribution in [0.1, 0.15) is 38.2 Å². The topological polar surface area (TPSA) is 81.4 Å². The highest BCUT2D eigenvalue weighted by atomic mass is 32.2. The van der Waals surface area contributed by atoms with Crippen molar-refractivity contribution in [2.75, 3.05) is 13.7 Å². The van der Waals surface area contributed by atoms with Crippen LogP contribution in [0.3, 0.4) is 0 Å². The van der Waals surface area contributed by atoms with Gasteiger partial charge in [-0.2, -0.15) is 0 Å². The van der Waals surface area contributed by atoms with E-state index in [0.29, 0.717) is 18.8 Å². The maximum atomic E-state index is 12.5. The van der Waals surface area contributed by atoms with Crippen molar-refractivity contribution in [2.24, 2.45) is 11.1 Å². The van der Waals surface area contributed by atoms with Crippen LogP contribution in [-0.2, 0) is 16.6 Å². The first-order chi connectivity index (χ1) is 9.96. The Morgan fingerprint density at radius 2 is 2.10 bits per heavy atom. The number of rotatable bonds is 8. The van der Waals surface area contributed by atoms with Crippen molar-refractivity contribution >= 4 is 10.0 Å². The minimum Gasteiger partial charge on any atom is -0.495 e. The molecule has 0 radical (unpaired) electrons. The first-order valence-corrected chi connectivity index (χ1v) is 8.81. The van der Waals surface area contributed by atoms with Crippen molar-refractivity contribution in [2.45, 2.75) is 44.0 Å². The Labute approximate surface area is 126 Å². The lowest BCUT2D eigenvalue weighted by Crippen LogP contribution is -2.30. The van der Waals surface area contributed by atoms with Crippen molar-refractivity contribution < 1.29 is 13.2 Å². The van der Waals surface area contributed by atoms with Gasteiger partial charge in [0.2, 0.25) is 10.0 Å². The molecule has 1 aromatic carbocycles. The standard InChI is InChI=1S/C15H24N2O3S/c1-3-6-15(7-8-15)11-17-21(18,19)14-5-4-12(10-16)9-13(14)20-2/h4-5,9,17H,3,6-8,10-11,16H2,1-2H3. The second-order valence-electron chi connectivity index (χ2n) is 5.76. The molecule has 1 aromatic rings. The molecule has 0 heterocycles. The summed E-state index contributed by atoms with van der Waals surface area (Å²) in [6, 6.07) is 4.95. The van der Waals surface area contributed by atoms with E-state index in [2.05, 4.69) is 11.6 Å². The molecule has 0 aromatic heterocycles. The van der Waals surface area contributed by atoms with Crippen molar-refractivity contribution in [3.05, 3.63) is 23.8 Å². The van der Waals surface area contributed by atoms with Gasteiger partial charge in [-0.3, -0.25) is 0 Å². The summed E-state index contributed by atoms with van der Waals surface area (Å²) in [5.41, 5.74) is 6.59. The molecule has 3 N–H and O–H groups in total. The summed E-state index contributed by atoms with van der Waals surface area (Å²) in [5, 5.41) is 0. The van der Waals surface area contributed by atoms with Gasteiger partial charge in [0.15, 0.2) is 0 Å². The van der Waals surface area contributed by atoms with Gasteiger partial charge in [-0.1, -0.05) is 19.4 Å². The van der Waals surface area contributed by atoms with Crippen molar-refractivity contribution in [3.63, 3.8) is 0 Å². The van der Waals surface area contributed by atoms with Crippen LogP contribution in [0, 0.1) is 5.41 Å². The Balaban J connectivity index is 2.16. The minimum atomic E-state index is -3.56. The van der Waals surface area contributed by atoms with Crippen LogP contribution in [0.5, 0.6) is 5.75 Å². The van der Waals surface area contributed by atoms with E-state index >= 15 is 0 Å². The zero-order chi connectivity index (χ0) is 15.5. The molecule has 1 fully saturated rings. The van der Waals surface area contributed by atoms with Gasteiger partial charge in [0.05, 0.1) is 7.11 Å². The van der Waals surface area contributed by atoms with E-state index in [-0.39, 0.29) is 10.3 Å². The van der Waals surface area contributed by atoms with Gasteiger partial charge in [0.25, 0.3) is 0 Å². The van der Waals surface area contributed by atoms with Crippen LogP contribution in [0.2, 0.25) is 0 Å². The number of hydrogen-bond donors (Lipinski definition) is 2. The van der Waals surface area contributed by atoms with E-state index in [4.69, 9.17) is 10.5 Å². The van der Waals surface area contributed by atoms with Gasteiger partial charge in [-0.15, -0.1) is 0 Å². The van der Waals surface area contributed by atoms with E-state index in [1.807, 2.05) is 0 Å². The molecule has 0 atom stereocenters. The molecule has 1 saturated carbocycles. The van der Waals surface area contributed by atoms with Crippen LogP contribution in [0.15, 0.2) is 23.1 Å². The molecule has 0 amide bonds. The Bertz CT molecular complexity index is 595. The van der Waals surface area contributed by atoms with Gasteiger partial charge >= 0.3 is 0 Å². The van der Waals surface area contributed by atoms with Gasteiger partial charge in [-0.05, 0) is 42.4 Å². The monoisotopic (exact) mass is 312 g/mol. The Kier molecular flexibility index (Phi) is 4.91. The fourth-order valence-corrected chi connectivity index (χ4v) is 3.92. The number of benzene rings is 1. The van der Waals surface area contributed by atoms with E-state index in [1.54, 1.807) is 18.2 Å². The zero-order valence-corrected chi connectivity index (χ0v) is 13.5. The number of hydrogen-bond acceptors (Lipinski definition) is 4. The molecule has 0 aliphatic heterocycles. The lowest BCUT2D eigenvalue weighted by atomic mass is 10.0. The van der Waals surface area contributed by atoms with Crippen molar-refractivity contribution in [3.8, 4) is 5.75 Å². The van der Waals surface area contributed by atoms with E-state index in [0.717, 1.165) is 31.2 Å². The van der Waals surface area contributed by atoms with Crippen LogP contribution in [0.4, 0.5) is 0 Å². The molecule has 0 bridgehead atoms. The normalized spacial score (nSPS) is 16.7. The number of sulfonamides is 1. The molecule has 0 spiro atoms. The van der Waals surface area contributed by atoms with E-state index in [9.17, 15) is 8.42 Å². The fraction of sp³-hybridized carbons (Fsp3) is 0.600. The Morgan fingerprint density at radius 3 is 2.62 bits per heavy atom. The average molecular weight is 312 g/mol. The molecular weight excluding hydrogens is 288 g/mol. The van der Waals surface area contributed by atoms with E-state index in [1.165, 1.54) is 7.11 Å². The lowest BCUT2D eigenvalue weighted by Gasteiger charge is -2.16. The smallest absolute Gasteiger partial charge is 0.244 e. The molecule has 1 aliphatic carbocycles. The summed E-state index contributed by atoms with van der Waals surface area (Å²) >= 11 is 0. The van der Waals surface area contributed by atoms with Gasteiger partial charge < -0.3 is 10.5 Å². The number of nitrogens with two attached hydrogens (primary N) is 1. The Morgan fingerprint density at radius 1 is 1.38 bits per heavy atom. The quantitative estimate of drug-likeness (QED) is 0.769. The predicted octanol–water partition coefficient (Wildman–Crippen LogP) is 2.01. The summed E-state index contributed by atoms with van der Waals surface area (Å²) < 4.78 is 32.9. The highest BCUT2D eigenvalue weighted by Gasteiger charge is 2.42. The fourth-order valence-electron chi connectivity index (χ4n) is 2.61. The van der Waals surface area contributed by atoms with Gasteiger partial charge in [0.1, 0.15) is 10.6 Å². The molecule has 0 unspecified atom stereocenters.